The highest BCUT2D eigenvalue weighted by atomic mass is 16.2. The monoisotopic (exact) mass is 367 g/mol. The SMILES string of the molecule is O=C(CN1CCCC1)NC1CCCN(C(=O)c2cncc3cccnc23)C1. The van der Waals surface area contributed by atoms with Gasteiger partial charge in [-0.15, -0.1) is 0 Å². The first-order valence-corrected chi connectivity index (χ1v) is 9.70. The van der Waals surface area contributed by atoms with E-state index in [4.69, 9.17) is 0 Å². The average molecular weight is 367 g/mol. The summed E-state index contributed by atoms with van der Waals surface area (Å²) in [5.41, 5.74) is 1.20. The number of hydrogen-bond acceptors (Lipinski definition) is 5. The van der Waals surface area contributed by atoms with Crippen LogP contribution >= 0.6 is 0 Å². The molecule has 7 heteroatoms. The van der Waals surface area contributed by atoms with Crippen LogP contribution in [0.4, 0.5) is 0 Å². The topological polar surface area (TPSA) is 78.4 Å². The molecule has 2 saturated heterocycles. The second kappa shape index (κ2) is 8.00. The molecule has 2 aromatic heterocycles. The van der Waals surface area contributed by atoms with Crippen LogP contribution in [0.2, 0.25) is 0 Å². The van der Waals surface area contributed by atoms with Crippen molar-refractivity contribution >= 4 is 22.7 Å². The number of carbonyl (C=O) groups is 2. The molecular weight excluding hydrogens is 342 g/mol. The standard InChI is InChI=1S/C20H25N5O2/c26-18(14-24-8-1-2-9-24)23-16-6-4-10-25(13-16)20(27)17-12-21-11-15-5-3-7-22-19(15)17/h3,5,7,11-12,16H,1-2,4,6,8-10,13-14H2,(H,23,26). The van der Waals surface area contributed by atoms with E-state index in [-0.39, 0.29) is 17.9 Å². The lowest BCUT2D eigenvalue weighted by Gasteiger charge is -2.33. The van der Waals surface area contributed by atoms with Gasteiger partial charge in [-0.1, -0.05) is 0 Å². The Labute approximate surface area is 158 Å². The molecule has 7 nitrogen and oxygen atoms in total. The van der Waals surface area contributed by atoms with Crippen LogP contribution in [0.25, 0.3) is 10.9 Å². The normalized spacial score (nSPS) is 20.7. The molecular formula is C20H25N5O2. The number of hydrogen-bond donors (Lipinski definition) is 1. The molecule has 2 aliphatic heterocycles. The fraction of sp³-hybridized carbons (Fsp3) is 0.500. The highest BCUT2D eigenvalue weighted by molar-refractivity contribution is 6.04. The smallest absolute Gasteiger partial charge is 0.257 e. The van der Waals surface area contributed by atoms with Gasteiger partial charge in [-0.2, -0.15) is 0 Å². The maximum atomic E-state index is 13.0. The van der Waals surface area contributed by atoms with Gasteiger partial charge in [-0.25, -0.2) is 0 Å². The summed E-state index contributed by atoms with van der Waals surface area (Å²) in [6.45, 7) is 3.70. The molecule has 1 N–H and O–H groups in total. The number of fused-ring (bicyclic) bond motifs is 1. The fourth-order valence-corrected chi connectivity index (χ4v) is 4.02. The molecule has 4 heterocycles. The molecule has 1 unspecified atom stereocenters. The zero-order chi connectivity index (χ0) is 18.6. The summed E-state index contributed by atoms with van der Waals surface area (Å²) in [5.74, 6) is -0.00464. The summed E-state index contributed by atoms with van der Waals surface area (Å²) in [6.07, 6.45) is 9.13. The number of carbonyl (C=O) groups excluding carboxylic acids is 2. The molecule has 0 bridgehead atoms. The predicted molar refractivity (Wildman–Crippen MR) is 102 cm³/mol. The molecule has 2 fully saturated rings. The van der Waals surface area contributed by atoms with E-state index < -0.39 is 0 Å². The fourth-order valence-electron chi connectivity index (χ4n) is 4.02. The third kappa shape index (κ3) is 4.08. The minimum Gasteiger partial charge on any atom is -0.350 e. The number of pyridine rings is 2. The molecule has 2 aromatic rings. The van der Waals surface area contributed by atoms with E-state index in [0.717, 1.165) is 31.3 Å². The highest BCUT2D eigenvalue weighted by Crippen LogP contribution is 2.19. The van der Waals surface area contributed by atoms with Crippen LogP contribution in [-0.4, -0.2) is 70.3 Å². The molecule has 0 aromatic carbocycles. The predicted octanol–water partition coefficient (Wildman–Crippen LogP) is 1.45. The van der Waals surface area contributed by atoms with E-state index in [1.807, 2.05) is 17.0 Å². The number of amides is 2. The van der Waals surface area contributed by atoms with Gasteiger partial charge >= 0.3 is 0 Å². The Morgan fingerprint density at radius 3 is 2.85 bits per heavy atom. The zero-order valence-electron chi connectivity index (χ0n) is 15.4. The van der Waals surface area contributed by atoms with Gasteiger partial charge in [-0.3, -0.25) is 24.5 Å². The second-order valence-corrected chi connectivity index (χ2v) is 7.40. The Bertz CT molecular complexity index is 829. The number of likely N-dealkylation sites (tertiary alicyclic amines) is 2. The van der Waals surface area contributed by atoms with Crippen LogP contribution in [0.15, 0.2) is 30.7 Å². The first kappa shape index (κ1) is 17.9. The summed E-state index contributed by atoms with van der Waals surface area (Å²) in [5, 5.41) is 3.97. The van der Waals surface area contributed by atoms with Crippen LogP contribution in [0.3, 0.4) is 0 Å². The average Bonchev–Trinajstić information content (AvgIpc) is 3.20. The highest BCUT2D eigenvalue weighted by Gasteiger charge is 2.27. The van der Waals surface area contributed by atoms with Crippen molar-refractivity contribution in [3.05, 3.63) is 36.3 Å². The second-order valence-electron chi connectivity index (χ2n) is 7.40. The van der Waals surface area contributed by atoms with Gasteiger partial charge < -0.3 is 10.2 Å². The quantitative estimate of drug-likeness (QED) is 0.885. The number of rotatable bonds is 4. The minimum atomic E-state index is -0.0645. The Morgan fingerprint density at radius 1 is 1.15 bits per heavy atom. The van der Waals surface area contributed by atoms with Crippen molar-refractivity contribution in [3.63, 3.8) is 0 Å². The third-order valence-electron chi connectivity index (χ3n) is 5.38. The minimum absolute atomic E-state index is 0.00805. The molecule has 2 aliphatic rings. The lowest BCUT2D eigenvalue weighted by molar-refractivity contribution is -0.123. The molecule has 1 atom stereocenters. The number of nitrogens with zero attached hydrogens (tertiary/aromatic N) is 4. The van der Waals surface area contributed by atoms with Crippen molar-refractivity contribution in [3.8, 4) is 0 Å². The maximum Gasteiger partial charge on any atom is 0.257 e. The van der Waals surface area contributed by atoms with Gasteiger partial charge in [-0.05, 0) is 50.9 Å². The summed E-state index contributed by atoms with van der Waals surface area (Å²) in [7, 11) is 0. The van der Waals surface area contributed by atoms with Crippen LogP contribution < -0.4 is 5.32 Å². The van der Waals surface area contributed by atoms with Crippen molar-refractivity contribution in [2.24, 2.45) is 0 Å². The van der Waals surface area contributed by atoms with E-state index in [1.165, 1.54) is 12.8 Å². The van der Waals surface area contributed by atoms with Crippen LogP contribution in [0, 0.1) is 0 Å². The Balaban J connectivity index is 1.41. The molecule has 142 valence electrons. The molecule has 0 spiro atoms. The van der Waals surface area contributed by atoms with Gasteiger partial charge in [0.25, 0.3) is 5.91 Å². The van der Waals surface area contributed by atoms with Crippen LogP contribution in [0.5, 0.6) is 0 Å². The van der Waals surface area contributed by atoms with Crippen molar-refractivity contribution in [2.45, 2.75) is 31.7 Å². The van der Waals surface area contributed by atoms with Crippen LogP contribution in [0.1, 0.15) is 36.0 Å². The number of aromatic nitrogens is 2. The molecule has 0 radical (unpaired) electrons. The van der Waals surface area contributed by atoms with Crippen molar-refractivity contribution in [1.82, 2.24) is 25.1 Å². The molecule has 0 aliphatic carbocycles. The van der Waals surface area contributed by atoms with Gasteiger partial charge in [0.15, 0.2) is 0 Å². The summed E-state index contributed by atoms with van der Waals surface area (Å²) < 4.78 is 0. The van der Waals surface area contributed by atoms with Crippen molar-refractivity contribution < 1.29 is 9.59 Å². The van der Waals surface area contributed by atoms with E-state index in [1.54, 1.807) is 18.6 Å². The van der Waals surface area contributed by atoms with Gasteiger partial charge in [0, 0.05) is 43.1 Å². The first-order chi connectivity index (χ1) is 13.2. The molecule has 27 heavy (non-hydrogen) atoms. The Kier molecular flexibility index (Phi) is 5.29. The summed E-state index contributed by atoms with van der Waals surface area (Å²) >= 11 is 0. The van der Waals surface area contributed by atoms with E-state index in [9.17, 15) is 9.59 Å². The van der Waals surface area contributed by atoms with Crippen molar-refractivity contribution in [1.29, 1.82) is 0 Å². The maximum absolute atomic E-state index is 13.0. The van der Waals surface area contributed by atoms with Crippen molar-refractivity contribution in [2.75, 3.05) is 32.7 Å². The molecule has 4 rings (SSSR count). The van der Waals surface area contributed by atoms with E-state index in [0.29, 0.717) is 30.7 Å². The number of nitrogens with one attached hydrogen (secondary N) is 1. The largest absolute Gasteiger partial charge is 0.350 e. The van der Waals surface area contributed by atoms with E-state index in [2.05, 4.69) is 20.2 Å². The third-order valence-corrected chi connectivity index (χ3v) is 5.38. The Morgan fingerprint density at radius 2 is 2.00 bits per heavy atom. The van der Waals surface area contributed by atoms with Crippen LogP contribution in [-0.2, 0) is 4.79 Å². The van der Waals surface area contributed by atoms with Gasteiger partial charge in [0.1, 0.15) is 0 Å². The lowest BCUT2D eigenvalue weighted by Crippen LogP contribution is -2.51. The summed E-state index contributed by atoms with van der Waals surface area (Å²) in [4.78, 5) is 37.9. The Hall–Kier alpha value is -2.54. The number of piperidine rings is 1. The zero-order valence-corrected chi connectivity index (χ0v) is 15.4. The van der Waals surface area contributed by atoms with Gasteiger partial charge in [0.2, 0.25) is 5.91 Å². The van der Waals surface area contributed by atoms with E-state index >= 15 is 0 Å². The van der Waals surface area contributed by atoms with Gasteiger partial charge in [0.05, 0.1) is 17.6 Å². The molecule has 2 amide bonds. The lowest BCUT2D eigenvalue weighted by atomic mass is 10.0. The first-order valence-electron chi connectivity index (χ1n) is 9.70. The molecule has 0 saturated carbocycles. The summed E-state index contributed by atoms with van der Waals surface area (Å²) in [6, 6.07) is 3.75.